The van der Waals surface area contributed by atoms with Crippen molar-refractivity contribution in [1.29, 1.82) is 0 Å². The van der Waals surface area contributed by atoms with Crippen molar-refractivity contribution >= 4 is 5.82 Å². The van der Waals surface area contributed by atoms with Crippen LogP contribution in [0.3, 0.4) is 0 Å². The first kappa shape index (κ1) is 8.82. The number of alkyl halides is 4. The van der Waals surface area contributed by atoms with E-state index in [4.69, 9.17) is 5.73 Å². The lowest BCUT2D eigenvalue weighted by atomic mass is 10.3. The quantitative estimate of drug-likeness (QED) is 0.677. The molecule has 0 fully saturated rings. The number of anilines is 1. The number of hydrogen-bond donors (Lipinski definition) is 1. The van der Waals surface area contributed by atoms with Gasteiger partial charge in [0.05, 0.1) is 0 Å². The minimum absolute atomic E-state index is 0.281. The van der Waals surface area contributed by atoms with Gasteiger partial charge in [0.25, 0.3) is 6.17 Å². The second kappa shape index (κ2) is 2.65. The molecule has 1 rings (SSSR count). The lowest BCUT2D eigenvalue weighted by molar-refractivity contribution is -0.187. The zero-order valence-corrected chi connectivity index (χ0v) is 5.60. The third-order valence-electron chi connectivity index (χ3n) is 1.08. The van der Waals surface area contributed by atoms with Crippen LogP contribution in [0.4, 0.5) is 23.4 Å². The SMILES string of the molecule is Nc1cc(C(F)C(F)(F)F)on1. The van der Waals surface area contributed by atoms with E-state index in [1.165, 1.54) is 0 Å². The maximum Gasteiger partial charge on any atom is 0.427 e. The fourth-order valence-corrected chi connectivity index (χ4v) is 0.585. The summed E-state index contributed by atoms with van der Waals surface area (Å²) < 4.78 is 51.2. The Hall–Kier alpha value is -1.27. The van der Waals surface area contributed by atoms with Crippen LogP contribution < -0.4 is 5.73 Å². The molecule has 0 aliphatic heterocycles. The molecule has 12 heavy (non-hydrogen) atoms. The van der Waals surface area contributed by atoms with Crippen LogP contribution in [0.5, 0.6) is 0 Å². The highest BCUT2D eigenvalue weighted by Crippen LogP contribution is 2.36. The summed E-state index contributed by atoms with van der Waals surface area (Å²) in [5.74, 6) is -1.21. The second-order valence-corrected chi connectivity index (χ2v) is 2.06. The zero-order valence-electron chi connectivity index (χ0n) is 5.60. The summed E-state index contributed by atoms with van der Waals surface area (Å²) in [4.78, 5) is 0. The summed E-state index contributed by atoms with van der Waals surface area (Å²) in [6.45, 7) is 0. The monoisotopic (exact) mass is 184 g/mol. The van der Waals surface area contributed by atoms with Gasteiger partial charge in [-0.05, 0) is 0 Å². The van der Waals surface area contributed by atoms with Gasteiger partial charge >= 0.3 is 6.18 Å². The van der Waals surface area contributed by atoms with Crippen molar-refractivity contribution in [2.45, 2.75) is 12.3 Å². The van der Waals surface area contributed by atoms with E-state index in [2.05, 4.69) is 9.68 Å². The number of aromatic nitrogens is 1. The first-order chi connectivity index (χ1) is 5.41. The van der Waals surface area contributed by atoms with Gasteiger partial charge in [-0.25, -0.2) is 4.39 Å². The molecule has 0 aliphatic carbocycles. The summed E-state index contributed by atoms with van der Waals surface area (Å²) in [6, 6.07) is 0.693. The Morgan fingerprint density at radius 1 is 1.50 bits per heavy atom. The van der Waals surface area contributed by atoms with Crippen molar-refractivity contribution in [3.8, 4) is 0 Å². The van der Waals surface area contributed by atoms with E-state index in [-0.39, 0.29) is 5.82 Å². The average molecular weight is 184 g/mol. The molecule has 0 saturated carbocycles. The van der Waals surface area contributed by atoms with Crippen LogP contribution in [0.15, 0.2) is 10.6 Å². The van der Waals surface area contributed by atoms with Gasteiger partial charge in [0.2, 0.25) is 0 Å². The largest absolute Gasteiger partial charge is 0.427 e. The van der Waals surface area contributed by atoms with E-state index in [1.54, 1.807) is 0 Å². The minimum Gasteiger partial charge on any atom is -0.381 e. The summed E-state index contributed by atoms with van der Waals surface area (Å²) in [5.41, 5.74) is 4.92. The van der Waals surface area contributed by atoms with Crippen molar-refractivity contribution in [1.82, 2.24) is 5.16 Å². The third-order valence-corrected chi connectivity index (χ3v) is 1.08. The molecular weight excluding hydrogens is 180 g/mol. The van der Waals surface area contributed by atoms with Crippen molar-refractivity contribution < 1.29 is 22.1 Å². The molecule has 0 aliphatic rings. The van der Waals surface area contributed by atoms with E-state index < -0.39 is 18.1 Å². The van der Waals surface area contributed by atoms with Gasteiger partial charge in [-0.2, -0.15) is 13.2 Å². The van der Waals surface area contributed by atoms with Crippen molar-refractivity contribution in [3.05, 3.63) is 11.8 Å². The highest BCUT2D eigenvalue weighted by molar-refractivity contribution is 5.27. The molecule has 1 aromatic rings. The molecule has 1 heterocycles. The molecule has 1 aromatic heterocycles. The average Bonchev–Trinajstić information content (AvgIpc) is 2.32. The maximum atomic E-state index is 12.3. The van der Waals surface area contributed by atoms with Crippen LogP contribution in [0.25, 0.3) is 0 Å². The van der Waals surface area contributed by atoms with Crippen molar-refractivity contribution in [2.24, 2.45) is 0 Å². The highest BCUT2D eigenvalue weighted by atomic mass is 19.4. The molecule has 0 bridgehead atoms. The summed E-state index contributed by atoms with van der Waals surface area (Å²) in [5, 5.41) is 2.91. The van der Waals surface area contributed by atoms with Crippen LogP contribution in [0, 0.1) is 0 Å². The fraction of sp³-hybridized carbons (Fsp3) is 0.400. The summed E-state index contributed by atoms with van der Waals surface area (Å²) >= 11 is 0. The van der Waals surface area contributed by atoms with Crippen molar-refractivity contribution in [2.75, 3.05) is 5.73 Å². The van der Waals surface area contributed by atoms with Gasteiger partial charge in [0.1, 0.15) is 0 Å². The molecule has 68 valence electrons. The number of nitrogen functional groups attached to an aromatic ring is 1. The lowest BCUT2D eigenvalue weighted by Crippen LogP contribution is -2.15. The van der Waals surface area contributed by atoms with Crippen LogP contribution >= 0.6 is 0 Å². The van der Waals surface area contributed by atoms with Gasteiger partial charge in [-0.15, -0.1) is 0 Å². The zero-order chi connectivity index (χ0) is 9.35. The molecule has 0 spiro atoms. The van der Waals surface area contributed by atoms with Crippen LogP contribution in [-0.4, -0.2) is 11.3 Å². The van der Waals surface area contributed by atoms with E-state index in [0.717, 1.165) is 0 Å². The molecule has 1 unspecified atom stereocenters. The van der Waals surface area contributed by atoms with Gasteiger partial charge in [-0.3, -0.25) is 0 Å². The third kappa shape index (κ3) is 1.66. The minimum atomic E-state index is -4.98. The Bertz CT molecular complexity index is 269. The number of nitrogens with two attached hydrogens (primary N) is 1. The molecule has 3 nitrogen and oxygen atoms in total. The summed E-state index contributed by atoms with van der Waals surface area (Å²) in [7, 11) is 0. The van der Waals surface area contributed by atoms with E-state index in [0.29, 0.717) is 6.07 Å². The van der Waals surface area contributed by atoms with E-state index in [9.17, 15) is 17.6 Å². The first-order valence-electron chi connectivity index (χ1n) is 2.84. The van der Waals surface area contributed by atoms with E-state index in [1.807, 2.05) is 0 Å². The lowest BCUT2D eigenvalue weighted by Gasteiger charge is -2.07. The Balaban J connectivity index is 2.85. The predicted molar refractivity (Wildman–Crippen MR) is 30.8 cm³/mol. The summed E-state index contributed by atoms with van der Waals surface area (Å²) in [6.07, 6.45) is -8.14. The Morgan fingerprint density at radius 3 is 2.42 bits per heavy atom. The predicted octanol–water partition coefficient (Wildman–Crippen LogP) is 1.83. The smallest absolute Gasteiger partial charge is 0.381 e. The Labute approximate surface area is 64.1 Å². The first-order valence-corrected chi connectivity index (χ1v) is 2.84. The number of nitrogens with zero attached hydrogens (tertiary/aromatic N) is 1. The topological polar surface area (TPSA) is 52.0 Å². The maximum absolute atomic E-state index is 12.3. The standard InChI is InChI=1S/C5H4F4N2O/c6-4(5(7,8)9)2-1-3(10)11-12-2/h1,4H,(H2,10,11). The number of halogens is 4. The molecule has 0 amide bonds. The van der Waals surface area contributed by atoms with Gasteiger partial charge in [-0.1, -0.05) is 5.16 Å². The molecule has 0 saturated heterocycles. The molecule has 1 atom stereocenters. The van der Waals surface area contributed by atoms with Crippen molar-refractivity contribution in [3.63, 3.8) is 0 Å². The molecule has 0 aromatic carbocycles. The Kier molecular flexibility index (Phi) is 1.95. The molecule has 2 N–H and O–H groups in total. The van der Waals surface area contributed by atoms with E-state index >= 15 is 0 Å². The van der Waals surface area contributed by atoms with Gasteiger partial charge < -0.3 is 10.3 Å². The Morgan fingerprint density at radius 2 is 2.08 bits per heavy atom. The second-order valence-electron chi connectivity index (χ2n) is 2.06. The molecule has 7 heteroatoms. The van der Waals surface area contributed by atoms with Crippen LogP contribution in [0.2, 0.25) is 0 Å². The van der Waals surface area contributed by atoms with Crippen LogP contribution in [-0.2, 0) is 0 Å². The van der Waals surface area contributed by atoms with Gasteiger partial charge in [0.15, 0.2) is 11.6 Å². The normalized spacial score (nSPS) is 14.7. The highest BCUT2D eigenvalue weighted by Gasteiger charge is 2.44. The number of rotatable bonds is 1. The number of hydrogen-bond acceptors (Lipinski definition) is 3. The fourth-order valence-electron chi connectivity index (χ4n) is 0.585. The molecule has 0 radical (unpaired) electrons. The molecular formula is C5H4F4N2O. The van der Waals surface area contributed by atoms with Gasteiger partial charge in [0, 0.05) is 6.07 Å². The van der Waals surface area contributed by atoms with Crippen LogP contribution in [0.1, 0.15) is 11.9 Å².